The van der Waals surface area contributed by atoms with Gasteiger partial charge < -0.3 is 10.4 Å². The highest BCUT2D eigenvalue weighted by Crippen LogP contribution is 2.35. The summed E-state index contributed by atoms with van der Waals surface area (Å²) in [5.41, 5.74) is 3.81. The van der Waals surface area contributed by atoms with Crippen molar-refractivity contribution in [2.24, 2.45) is 4.99 Å². The molecule has 0 unspecified atom stereocenters. The second-order valence-electron chi connectivity index (χ2n) is 5.60. The number of carbonyl (C=O) groups is 1. The number of amidine groups is 1. The average molecular weight is 482 g/mol. The van der Waals surface area contributed by atoms with Gasteiger partial charge in [0.2, 0.25) is 0 Å². The molecule has 3 rings (SSSR count). The van der Waals surface area contributed by atoms with E-state index in [0.717, 1.165) is 22.4 Å². The Morgan fingerprint density at radius 2 is 1.84 bits per heavy atom. The number of thioether (sulfide) groups is 1. The SMILES string of the molecule is Cc1ccc(C)c(N=C2NC(=O)/C(=C/c3cc(Br)c(O)c(Br)c3)S2)c1. The summed E-state index contributed by atoms with van der Waals surface area (Å²) in [5, 5.41) is 13.1. The first-order chi connectivity index (χ1) is 11.8. The van der Waals surface area contributed by atoms with E-state index in [2.05, 4.69) is 42.2 Å². The number of phenolic OH excluding ortho intramolecular Hbond substituents is 1. The zero-order chi connectivity index (χ0) is 18.1. The molecule has 0 atom stereocenters. The first kappa shape index (κ1) is 18.2. The van der Waals surface area contributed by atoms with Crippen molar-refractivity contribution in [1.29, 1.82) is 0 Å². The van der Waals surface area contributed by atoms with Gasteiger partial charge in [-0.1, -0.05) is 12.1 Å². The fourth-order valence-electron chi connectivity index (χ4n) is 2.25. The van der Waals surface area contributed by atoms with Crippen LogP contribution in [0.15, 0.2) is 49.2 Å². The Bertz CT molecular complexity index is 916. The first-order valence-electron chi connectivity index (χ1n) is 7.38. The number of carbonyl (C=O) groups excluding carboxylic acids is 1. The third-order valence-electron chi connectivity index (χ3n) is 3.57. The number of aryl methyl sites for hydroxylation is 2. The Balaban J connectivity index is 1.90. The molecule has 128 valence electrons. The number of phenols is 1. The van der Waals surface area contributed by atoms with Crippen LogP contribution in [0.25, 0.3) is 6.08 Å². The Hall–Kier alpha value is -1.57. The van der Waals surface area contributed by atoms with Gasteiger partial charge in [0.1, 0.15) is 5.75 Å². The van der Waals surface area contributed by atoms with Crippen LogP contribution in [0.4, 0.5) is 5.69 Å². The van der Waals surface area contributed by atoms with Crippen LogP contribution in [0.2, 0.25) is 0 Å². The van der Waals surface area contributed by atoms with Gasteiger partial charge in [-0.2, -0.15) is 0 Å². The van der Waals surface area contributed by atoms with Crippen molar-refractivity contribution < 1.29 is 9.90 Å². The van der Waals surface area contributed by atoms with Crippen molar-refractivity contribution >= 4 is 66.5 Å². The number of amides is 1. The maximum atomic E-state index is 12.2. The summed E-state index contributed by atoms with van der Waals surface area (Å²) in [6.45, 7) is 4.00. The Labute approximate surface area is 166 Å². The van der Waals surface area contributed by atoms with E-state index in [9.17, 15) is 9.90 Å². The minimum atomic E-state index is -0.186. The van der Waals surface area contributed by atoms with E-state index in [1.54, 1.807) is 18.2 Å². The lowest BCUT2D eigenvalue weighted by Gasteiger charge is -2.03. The fraction of sp³-hybridized carbons (Fsp3) is 0.111. The largest absolute Gasteiger partial charge is 0.506 e. The standard InChI is InChI=1S/C18H14Br2N2O2S/c1-9-3-4-10(2)14(5-9)21-18-22-17(24)15(25-18)8-11-6-12(19)16(23)13(20)7-11/h3-8,23H,1-2H3,(H,21,22,24)/b15-8-. The van der Waals surface area contributed by atoms with E-state index in [4.69, 9.17) is 0 Å². The minimum Gasteiger partial charge on any atom is -0.506 e. The van der Waals surface area contributed by atoms with Gasteiger partial charge in [-0.05, 0) is 98.4 Å². The van der Waals surface area contributed by atoms with Crippen molar-refractivity contribution in [2.75, 3.05) is 0 Å². The van der Waals surface area contributed by atoms with Crippen molar-refractivity contribution in [1.82, 2.24) is 5.32 Å². The molecule has 2 aromatic carbocycles. The minimum absolute atomic E-state index is 0.128. The van der Waals surface area contributed by atoms with Crippen LogP contribution in [-0.2, 0) is 4.79 Å². The number of halogens is 2. The molecule has 1 heterocycles. The number of hydrogen-bond donors (Lipinski definition) is 2. The van der Waals surface area contributed by atoms with Crippen LogP contribution in [0.3, 0.4) is 0 Å². The van der Waals surface area contributed by atoms with Crippen LogP contribution in [-0.4, -0.2) is 16.2 Å². The maximum absolute atomic E-state index is 12.2. The monoisotopic (exact) mass is 480 g/mol. The molecule has 25 heavy (non-hydrogen) atoms. The molecule has 2 aromatic rings. The lowest BCUT2D eigenvalue weighted by molar-refractivity contribution is -0.115. The number of nitrogens with zero attached hydrogens (tertiary/aromatic N) is 1. The molecule has 0 spiro atoms. The molecule has 7 heteroatoms. The van der Waals surface area contributed by atoms with Crippen LogP contribution in [0, 0.1) is 13.8 Å². The van der Waals surface area contributed by atoms with Crippen LogP contribution in [0.1, 0.15) is 16.7 Å². The summed E-state index contributed by atoms with van der Waals surface area (Å²) >= 11 is 7.88. The maximum Gasteiger partial charge on any atom is 0.264 e. The Morgan fingerprint density at radius 3 is 2.52 bits per heavy atom. The lowest BCUT2D eigenvalue weighted by Crippen LogP contribution is -2.19. The second-order valence-corrected chi connectivity index (χ2v) is 8.34. The van der Waals surface area contributed by atoms with E-state index in [-0.39, 0.29) is 11.7 Å². The second kappa shape index (κ2) is 7.35. The number of rotatable bonds is 2. The molecular weight excluding hydrogens is 468 g/mol. The van der Waals surface area contributed by atoms with Crippen LogP contribution >= 0.6 is 43.6 Å². The average Bonchev–Trinajstić information content (AvgIpc) is 2.88. The van der Waals surface area contributed by atoms with Crippen molar-refractivity contribution in [3.8, 4) is 5.75 Å². The Morgan fingerprint density at radius 1 is 1.16 bits per heavy atom. The van der Waals surface area contributed by atoms with E-state index >= 15 is 0 Å². The van der Waals surface area contributed by atoms with Crippen molar-refractivity contribution in [2.45, 2.75) is 13.8 Å². The number of aromatic hydroxyl groups is 1. The summed E-state index contributed by atoms with van der Waals surface area (Å²) in [5.74, 6) is -0.0581. The number of benzene rings is 2. The fourth-order valence-corrected chi connectivity index (χ4v) is 4.31. The molecule has 4 nitrogen and oxygen atoms in total. The molecule has 1 saturated heterocycles. The van der Waals surface area contributed by atoms with Crippen molar-refractivity contribution in [3.63, 3.8) is 0 Å². The molecule has 2 N–H and O–H groups in total. The summed E-state index contributed by atoms with van der Waals surface area (Å²) in [6, 6.07) is 9.54. The van der Waals surface area contributed by atoms with E-state index in [0.29, 0.717) is 19.0 Å². The Kier molecular flexibility index (Phi) is 5.36. The van der Waals surface area contributed by atoms with Gasteiger partial charge in [0.05, 0.1) is 19.5 Å². The molecule has 0 aromatic heterocycles. The molecule has 1 fully saturated rings. The van der Waals surface area contributed by atoms with Gasteiger partial charge in [-0.15, -0.1) is 0 Å². The lowest BCUT2D eigenvalue weighted by atomic mass is 10.1. The van der Waals surface area contributed by atoms with Gasteiger partial charge in [0.25, 0.3) is 5.91 Å². The van der Waals surface area contributed by atoms with Crippen LogP contribution in [0.5, 0.6) is 5.75 Å². The smallest absolute Gasteiger partial charge is 0.264 e. The van der Waals surface area contributed by atoms with Crippen molar-refractivity contribution in [3.05, 3.63) is 60.9 Å². The van der Waals surface area contributed by atoms with E-state index < -0.39 is 0 Å². The molecule has 0 bridgehead atoms. The zero-order valence-corrected chi connectivity index (χ0v) is 17.4. The van der Waals surface area contributed by atoms with Gasteiger partial charge in [-0.3, -0.25) is 4.79 Å². The molecule has 1 aliphatic heterocycles. The summed E-state index contributed by atoms with van der Waals surface area (Å²) in [4.78, 5) is 17.3. The third-order valence-corrected chi connectivity index (χ3v) is 5.69. The summed E-state index contributed by atoms with van der Waals surface area (Å²) in [6.07, 6.45) is 1.76. The molecule has 0 radical (unpaired) electrons. The van der Waals surface area contributed by atoms with Gasteiger partial charge in [0.15, 0.2) is 5.17 Å². The summed E-state index contributed by atoms with van der Waals surface area (Å²) < 4.78 is 1.11. The molecular formula is C18H14Br2N2O2S. The zero-order valence-electron chi connectivity index (χ0n) is 13.4. The normalized spacial score (nSPS) is 17.4. The van der Waals surface area contributed by atoms with E-state index in [1.807, 2.05) is 32.0 Å². The number of aliphatic imine (C=N–C) groups is 1. The molecule has 0 saturated carbocycles. The van der Waals surface area contributed by atoms with Gasteiger partial charge in [-0.25, -0.2) is 4.99 Å². The van der Waals surface area contributed by atoms with Crippen LogP contribution < -0.4 is 5.32 Å². The third kappa shape index (κ3) is 4.16. The number of nitrogens with one attached hydrogen (secondary N) is 1. The van der Waals surface area contributed by atoms with Gasteiger partial charge >= 0.3 is 0 Å². The topological polar surface area (TPSA) is 61.7 Å². The van der Waals surface area contributed by atoms with Gasteiger partial charge in [0, 0.05) is 0 Å². The van der Waals surface area contributed by atoms with E-state index in [1.165, 1.54) is 11.8 Å². The first-order valence-corrected chi connectivity index (χ1v) is 9.78. The highest BCUT2D eigenvalue weighted by molar-refractivity contribution is 9.11. The quantitative estimate of drug-likeness (QED) is 0.562. The molecule has 1 amide bonds. The number of hydrogen-bond acceptors (Lipinski definition) is 4. The summed E-state index contributed by atoms with van der Waals surface area (Å²) in [7, 11) is 0. The predicted molar refractivity (Wildman–Crippen MR) is 110 cm³/mol. The molecule has 1 aliphatic rings. The highest BCUT2D eigenvalue weighted by atomic mass is 79.9. The highest BCUT2D eigenvalue weighted by Gasteiger charge is 2.24. The predicted octanol–water partition coefficient (Wildman–Crippen LogP) is 5.43. The molecule has 0 aliphatic carbocycles.